The molecule has 1 aromatic carbocycles. The highest BCUT2D eigenvalue weighted by atomic mass is 79.9. The van der Waals surface area contributed by atoms with Gasteiger partial charge in [0.2, 0.25) is 0 Å². The molecule has 1 heterocycles. The number of halogens is 2. The fraction of sp³-hybridized carbons (Fsp3) is 0.125. The number of aromatic nitrogens is 1. The van der Waals surface area contributed by atoms with E-state index in [1.54, 1.807) is 6.07 Å². The fourth-order valence-electron chi connectivity index (χ4n) is 1.06. The zero-order valence-corrected chi connectivity index (χ0v) is 8.45. The summed E-state index contributed by atoms with van der Waals surface area (Å²) in [6.07, 6.45) is 0. The Morgan fingerprint density at radius 2 is 2.33 bits per heavy atom. The van der Waals surface area contributed by atoms with Gasteiger partial charge in [0.1, 0.15) is 5.82 Å². The Labute approximate surface area is 81.5 Å². The normalized spacial score (nSPS) is 10.8. The first-order valence-electron chi connectivity index (χ1n) is 3.41. The third kappa shape index (κ3) is 1.25. The van der Waals surface area contributed by atoms with Gasteiger partial charge in [-0.1, -0.05) is 15.9 Å². The van der Waals surface area contributed by atoms with E-state index in [9.17, 15) is 4.39 Å². The van der Waals surface area contributed by atoms with Gasteiger partial charge in [0.25, 0.3) is 0 Å². The zero-order chi connectivity index (χ0) is 8.55. The number of hydrogen-bond acceptors (Lipinski definition) is 2. The first kappa shape index (κ1) is 8.13. The molecule has 1 aromatic heterocycles. The van der Waals surface area contributed by atoms with Crippen molar-refractivity contribution in [2.24, 2.45) is 0 Å². The Kier molecular flexibility index (Phi) is 2.11. The van der Waals surface area contributed by atoms with Gasteiger partial charge in [0.15, 0.2) is 0 Å². The highest BCUT2D eigenvalue weighted by Gasteiger charge is 2.04. The number of benzene rings is 1. The number of rotatable bonds is 1. The molecule has 0 saturated heterocycles. The van der Waals surface area contributed by atoms with Gasteiger partial charge in [-0.3, -0.25) is 0 Å². The van der Waals surface area contributed by atoms with Crippen LogP contribution < -0.4 is 0 Å². The summed E-state index contributed by atoms with van der Waals surface area (Å²) < 4.78 is 17.8. The summed E-state index contributed by atoms with van der Waals surface area (Å²) >= 11 is 4.66. The average molecular weight is 246 g/mol. The van der Waals surface area contributed by atoms with E-state index in [0.717, 1.165) is 21.1 Å². The molecule has 0 saturated carbocycles. The molecule has 0 fully saturated rings. The molecule has 12 heavy (non-hydrogen) atoms. The van der Waals surface area contributed by atoms with Crippen LogP contribution in [0.15, 0.2) is 18.2 Å². The summed E-state index contributed by atoms with van der Waals surface area (Å²) in [4.78, 5) is 0. The summed E-state index contributed by atoms with van der Waals surface area (Å²) in [5.74, 6) is -0.202. The van der Waals surface area contributed by atoms with Crippen molar-refractivity contribution in [2.45, 2.75) is 5.33 Å². The predicted octanol–water partition coefficient (Wildman–Crippen LogP) is 3.33. The van der Waals surface area contributed by atoms with Crippen LogP contribution in [0.5, 0.6) is 0 Å². The maximum atomic E-state index is 12.7. The third-order valence-electron chi connectivity index (χ3n) is 1.64. The second-order valence-electron chi connectivity index (χ2n) is 2.40. The molecule has 0 aliphatic carbocycles. The maximum absolute atomic E-state index is 12.7. The highest BCUT2D eigenvalue weighted by molar-refractivity contribution is 9.08. The van der Waals surface area contributed by atoms with Crippen molar-refractivity contribution in [2.75, 3.05) is 0 Å². The fourth-order valence-corrected chi connectivity index (χ4v) is 2.47. The summed E-state index contributed by atoms with van der Waals surface area (Å²) in [6.45, 7) is 0. The zero-order valence-electron chi connectivity index (χ0n) is 6.05. The Bertz CT molecular complexity index is 412. The summed E-state index contributed by atoms with van der Waals surface area (Å²) in [7, 11) is 0. The average Bonchev–Trinajstić information content (AvgIpc) is 2.46. The molecule has 0 aliphatic heterocycles. The molecular formula is C8H5BrFNS. The van der Waals surface area contributed by atoms with Crippen LogP contribution >= 0.6 is 27.5 Å². The second-order valence-corrected chi connectivity index (χ2v) is 3.77. The maximum Gasteiger partial charge on any atom is 0.124 e. The van der Waals surface area contributed by atoms with E-state index in [1.165, 1.54) is 23.7 Å². The number of hydrogen-bond donors (Lipinski definition) is 0. The quantitative estimate of drug-likeness (QED) is 0.703. The van der Waals surface area contributed by atoms with E-state index in [0.29, 0.717) is 0 Å². The Hall–Kier alpha value is -0.480. The van der Waals surface area contributed by atoms with Gasteiger partial charge >= 0.3 is 0 Å². The van der Waals surface area contributed by atoms with Crippen LogP contribution in [0.25, 0.3) is 10.1 Å². The molecular weight excluding hydrogens is 241 g/mol. The molecule has 0 spiro atoms. The van der Waals surface area contributed by atoms with Crippen LogP contribution in [-0.2, 0) is 5.33 Å². The highest BCUT2D eigenvalue weighted by Crippen LogP contribution is 2.24. The van der Waals surface area contributed by atoms with Gasteiger partial charge in [-0.25, -0.2) is 4.39 Å². The van der Waals surface area contributed by atoms with Crippen LogP contribution in [-0.4, -0.2) is 4.37 Å². The van der Waals surface area contributed by atoms with Crippen molar-refractivity contribution >= 4 is 37.5 Å². The van der Waals surface area contributed by atoms with Crippen molar-refractivity contribution in [1.29, 1.82) is 0 Å². The Balaban J connectivity index is 2.73. The van der Waals surface area contributed by atoms with Crippen molar-refractivity contribution in [1.82, 2.24) is 4.37 Å². The minimum atomic E-state index is -0.202. The summed E-state index contributed by atoms with van der Waals surface area (Å²) in [5, 5.41) is 1.76. The molecule has 0 aliphatic rings. The topological polar surface area (TPSA) is 12.9 Å². The second kappa shape index (κ2) is 3.11. The van der Waals surface area contributed by atoms with Gasteiger partial charge in [0.05, 0.1) is 10.4 Å². The molecule has 62 valence electrons. The van der Waals surface area contributed by atoms with E-state index in [-0.39, 0.29) is 5.82 Å². The van der Waals surface area contributed by atoms with Crippen molar-refractivity contribution in [3.63, 3.8) is 0 Å². The lowest BCUT2D eigenvalue weighted by molar-refractivity contribution is 0.630. The molecule has 0 unspecified atom stereocenters. The smallest absolute Gasteiger partial charge is 0.124 e. The first-order valence-corrected chi connectivity index (χ1v) is 5.30. The number of nitrogens with zero attached hydrogens (tertiary/aromatic N) is 1. The van der Waals surface area contributed by atoms with E-state index in [4.69, 9.17) is 0 Å². The van der Waals surface area contributed by atoms with E-state index in [1.807, 2.05) is 0 Å². The van der Waals surface area contributed by atoms with Gasteiger partial charge in [-0.05, 0) is 29.7 Å². The Morgan fingerprint density at radius 1 is 1.50 bits per heavy atom. The lowest BCUT2D eigenvalue weighted by atomic mass is 10.2. The molecule has 0 atom stereocenters. The summed E-state index contributed by atoms with van der Waals surface area (Å²) in [6, 6.07) is 4.74. The van der Waals surface area contributed by atoms with Gasteiger partial charge in [-0.15, -0.1) is 0 Å². The minimum absolute atomic E-state index is 0.202. The SMILES string of the molecule is Fc1ccc2c(CBr)nsc2c1. The number of fused-ring (bicyclic) bond motifs is 1. The van der Waals surface area contributed by atoms with Crippen LogP contribution in [0.3, 0.4) is 0 Å². The minimum Gasteiger partial charge on any atom is -0.207 e. The lowest BCUT2D eigenvalue weighted by Gasteiger charge is -1.90. The summed E-state index contributed by atoms with van der Waals surface area (Å²) in [5.41, 5.74) is 0.981. The van der Waals surface area contributed by atoms with E-state index >= 15 is 0 Å². The third-order valence-corrected chi connectivity index (χ3v) is 3.01. The van der Waals surface area contributed by atoms with Crippen molar-refractivity contribution in [3.8, 4) is 0 Å². The van der Waals surface area contributed by atoms with Gasteiger partial charge in [0, 0.05) is 10.7 Å². The number of alkyl halides is 1. The van der Waals surface area contributed by atoms with Crippen LogP contribution in [0.2, 0.25) is 0 Å². The largest absolute Gasteiger partial charge is 0.207 e. The molecule has 0 radical (unpaired) electrons. The Morgan fingerprint density at radius 3 is 3.08 bits per heavy atom. The van der Waals surface area contributed by atoms with Crippen LogP contribution in [0, 0.1) is 5.82 Å². The molecule has 1 nitrogen and oxygen atoms in total. The van der Waals surface area contributed by atoms with Gasteiger partial charge < -0.3 is 0 Å². The monoisotopic (exact) mass is 245 g/mol. The van der Waals surface area contributed by atoms with Crippen LogP contribution in [0.1, 0.15) is 5.69 Å². The van der Waals surface area contributed by atoms with Crippen LogP contribution in [0.4, 0.5) is 4.39 Å². The van der Waals surface area contributed by atoms with Gasteiger partial charge in [-0.2, -0.15) is 4.37 Å². The van der Waals surface area contributed by atoms with E-state index < -0.39 is 0 Å². The first-order chi connectivity index (χ1) is 5.81. The molecule has 0 N–H and O–H groups in total. The lowest BCUT2D eigenvalue weighted by Crippen LogP contribution is -1.76. The van der Waals surface area contributed by atoms with Crippen molar-refractivity contribution < 1.29 is 4.39 Å². The molecule has 2 aromatic rings. The standard InChI is InChI=1S/C8H5BrFNS/c9-4-7-6-2-1-5(10)3-8(6)12-11-7/h1-3H,4H2. The molecule has 2 rings (SSSR count). The molecule has 0 bridgehead atoms. The predicted molar refractivity (Wildman–Crippen MR) is 52.2 cm³/mol. The molecule has 0 amide bonds. The van der Waals surface area contributed by atoms with Crippen molar-refractivity contribution in [3.05, 3.63) is 29.7 Å². The van der Waals surface area contributed by atoms with E-state index in [2.05, 4.69) is 20.3 Å². The molecule has 4 heteroatoms.